The first-order valence-electron chi connectivity index (χ1n) is 9.24. The fourth-order valence-corrected chi connectivity index (χ4v) is 4.25. The van der Waals surface area contributed by atoms with Gasteiger partial charge in [-0.3, -0.25) is 4.99 Å². The second-order valence-electron chi connectivity index (χ2n) is 7.87. The lowest BCUT2D eigenvalue weighted by atomic mass is 9.90. The first kappa shape index (κ1) is 25.3. The van der Waals surface area contributed by atoms with Crippen LogP contribution in [-0.2, 0) is 9.84 Å². The molecule has 0 aliphatic carbocycles. The Kier molecular flexibility index (Phi) is 9.82. The van der Waals surface area contributed by atoms with Crippen LogP contribution in [0.1, 0.15) is 20.3 Å². The lowest BCUT2D eigenvalue weighted by Gasteiger charge is -2.38. The van der Waals surface area contributed by atoms with Gasteiger partial charge in [-0.1, -0.05) is 37.6 Å². The Morgan fingerprint density at radius 2 is 1.82 bits per heavy atom. The highest BCUT2D eigenvalue weighted by molar-refractivity contribution is 14.0. The second kappa shape index (κ2) is 10.9. The topological polar surface area (TPSA) is 65.0 Å². The third-order valence-electron chi connectivity index (χ3n) is 4.86. The predicted molar refractivity (Wildman–Crippen MR) is 130 cm³/mol. The van der Waals surface area contributed by atoms with Crippen LogP contribution in [0.4, 0.5) is 5.69 Å². The zero-order chi connectivity index (χ0) is 20.1. The number of piperazine rings is 1. The summed E-state index contributed by atoms with van der Waals surface area (Å²) in [6.07, 6.45) is 1.91. The van der Waals surface area contributed by atoms with Crippen LogP contribution in [0.15, 0.2) is 29.3 Å². The lowest BCUT2D eigenvalue weighted by Crippen LogP contribution is -2.53. The fraction of sp³-hybridized carbons (Fsp3) is 0.632. The van der Waals surface area contributed by atoms with Gasteiger partial charge in [0.25, 0.3) is 0 Å². The Labute approximate surface area is 191 Å². The van der Waals surface area contributed by atoms with Crippen LogP contribution in [0.25, 0.3) is 0 Å². The molecule has 1 saturated heterocycles. The number of nitrogens with one attached hydrogen (secondary N) is 1. The molecule has 1 aromatic carbocycles. The van der Waals surface area contributed by atoms with E-state index in [9.17, 15) is 8.42 Å². The molecule has 0 unspecified atom stereocenters. The van der Waals surface area contributed by atoms with E-state index in [2.05, 4.69) is 40.0 Å². The van der Waals surface area contributed by atoms with Crippen LogP contribution in [0, 0.1) is 5.41 Å². The number of benzene rings is 1. The molecule has 9 heteroatoms. The number of rotatable bonds is 6. The first-order chi connectivity index (χ1) is 12.6. The number of aliphatic imine (C=N–C) groups is 1. The molecule has 1 N–H and O–H groups in total. The summed E-state index contributed by atoms with van der Waals surface area (Å²) >= 11 is 6.31. The van der Waals surface area contributed by atoms with Crippen molar-refractivity contribution >= 4 is 57.1 Å². The summed E-state index contributed by atoms with van der Waals surface area (Å²) in [4.78, 5) is 8.94. The molecule has 0 radical (unpaired) electrons. The van der Waals surface area contributed by atoms with Crippen molar-refractivity contribution in [1.29, 1.82) is 0 Å². The molecule has 1 aliphatic heterocycles. The quantitative estimate of drug-likeness (QED) is 0.340. The van der Waals surface area contributed by atoms with E-state index in [1.54, 1.807) is 7.05 Å². The fourth-order valence-electron chi connectivity index (χ4n) is 3.07. The summed E-state index contributed by atoms with van der Waals surface area (Å²) in [6, 6.07) is 7.92. The van der Waals surface area contributed by atoms with Crippen LogP contribution in [0.3, 0.4) is 0 Å². The maximum Gasteiger partial charge on any atom is 0.193 e. The van der Waals surface area contributed by atoms with Gasteiger partial charge in [0.2, 0.25) is 0 Å². The summed E-state index contributed by atoms with van der Waals surface area (Å²) in [7, 11) is -1.16. The Morgan fingerprint density at radius 3 is 2.36 bits per heavy atom. The van der Waals surface area contributed by atoms with E-state index < -0.39 is 9.84 Å². The number of sulfone groups is 1. The smallest absolute Gasteiger partial charge is 0.193 e. The number of halogens is 2. The molecular weight excluding hydrogens is 511 g/mol. The Bertz CT molecular complexity index is 763. The monoisotopic (exact) mass is 542 g/mol. The Balaban J connectivity index is 0.00000392. The SMILES string of the molecule is CN=C(NCC(C)(C)CCS(C)(=O)=O)N1CCN(c2ccccc2Cl)CC1.I. The van der Waals surface area contributed by atoms with Crippen LogP contribution >= 0.6 is 35.6 Å². The number of anilines is 1. The summed E-state index contributed by atoms with van der Waals surface area (Å²) in [5, 5.41) is 4.20. The molecule has 0 spiro atoms. The third kappa shape index (κ3) is 7.94. The number of hydrogen-bond acceptors (Lipinski definition) is 4. The molecule has 1 aliphatic rings. The normalized spacial score (nSPS) is 16.0. The van der Waals surface area contributed by atoms with E-state index in [1.165, 1.54) is 6.26 Å². The number of hydrogen-bond donors (Lipinski definition) is 1. The van der Waals surface area contributed by atoms with Crippen molar-refractivity contribution in [2.24, 2.45) is 10.4 Å². The molecule has 1 aromatic rings. The van der Waals surface area contributed by atoms with Gasteiger partial charge in [-0.15, -0.1) is 24.0 Å². The minimum absolute atomic E-state index is 0. The van der Waals surface area contributed by atoms with E-state index in [4.69, 9.17) is 11.6 Å². The van der Waals surface area contributed by atoms with Gasteiger partial charge in [0.05, 0.1) is 16.5 Å². The number of nitrogens with zero attached hydrogens (tertiary/aromatic N) is 3. The first-order valence-corrected chi connectivity index (χ1v) is 11.7. The molecule has 1 heterocycles. The summed E-state index contributed by atoms with van der Waals surface area (Å²) in [5.41, 5.74) is 0.946. The Hall–Kier alpha value is -0.740. The largest absolute Gasteiger partial charge is 0.367 e. The van der Waals surface area contributed by atoms with Crippen molar-refractivity contribution in [1.82, 2.24) is 10.2 Å². The molecule has 28 heavy (non-hydrogen) atoms. The molecule has 0 bridgehead atoms. The van der Waals surface area contributed by atoms with Crippen LogP contribution in [0.5, 0.6) is 0 Å². The van der Waals surface area contributed by atoms with Crippen LogP contribution in [-0.4, -0.2) is 71.1 Å². The number of para-hydroxylation sites is 1. The van der Waals surface area contributed by atoms with E-state index in [0.29, 0.717) is 13.0 Å². The van der Waals surface area contributed by atoms with E-state index in [0.717, 1.165) is 42.8 Å². The predicted octanol–water partition coefficient (Wildman–Crippen LogP) is 3.12. The molecule has 160 valence electrons. The van der Waals surface area contributed by atoms with Gasteiger partial charge in [0, 0.05) is 46.0 Å². The second-order valence-corrected chi connectivity index (χ2v) is 10.5. The van der Waals surface area contributed by atoms with Gasteiger partial charge >= 0.3 is 0 Å². The minimum Gasteiger partial charge on any atom is -0.367 e. The van der Waals surface area contributed by atoms with Gasteiger partial charge in [0.1, 0.15) is 9.84 Å². The Morgan fingerprint density at radius 1 is 1.21 bits per heavy atom. The standard InChI is InChI=1S/C19H31ClN4O2S.HI/c1-19(2,9-14-27(4,25)26)15-22-18(21-3)24-12-10-23(11-13-24)17-8-6-5-7-16(17)20;/h5-8H,9-15H2,1-4H3,(H,21,22);1H. The summed E-state index contributed by atoms with van der Waals surface area (Å²) in [6.45, 7) is 8.30. The van der Waals surface area contributed by atoms with Gasteiger partial charge in [0.15, 0.2) is 5.96 Å². The van der Waals surface area contributed by atoms with Crippen molar-refractivity contribution in [2.45, 2.75) is 20.3 Å². The molecule has 6 nitrogen and oxygen atoms in total. The third-order valence-corrected chi connectivity index (χ3v) is 6.12. The van der Waals surface area contributed by atoms with Crippen molar-refractivity contribution in [3.63, 3.8) is 0 Å². The van der Waals surface area contributed by atoms with Crippen molar-refractivity contribution in [3.8, 4) is 0 Å². The van der Waals surface area contributed by atoms with Crippen LogP contribution in [0.2, 0.25) is 5.02 Å². The maximum atomic E-state index is 11.4. The molecule has 0 atom stereocenters. The van der Waals surface area contributed by atoms with Gasteiger partial charge < -0.3 is 15.1 Å². The highest BCUT2D eigenvalue weighted by atomic mass is 127. The van der Waals surface area contributed by atoms with Crippen molar-refractivity contribution in [2.75, 3.05) is 56.7 Å². The van der Waals surface area contributed by atoms with Gasteiger partial charge in [-0.25, -0.2) is 8.42 Å². The molecule has 0 aromatic heterocycles. The molecule has 2 rings (SSSR count). The maximum absolute atomic E-state index is 11.4. The number of guanidine groups is 1. The van der Waals surface area contributed by atoms with E-state index in [1.807, 2.05) is 18.2 Å². The van der Waals surface area contributed by atoms with Gasteiger partial charge in [-0.05, 0) is 24.0 Å². The summed E-state index contributed by atoms with van der Waals surface area (Å²) < 4.78 is 22.8. The van der Waals surface area contributed by atoms with E-state index >= 15 is 0 Å². The molecule has 0 saturated carbocycles. The average Bonchev–Trinajstić information content (AvgIpc) is 2.61. The molecule has 0 amide bonds. The minimum atomic E-state index is -2.94. The van der Waals surface area contributed by atoms with Crippen LogP contribution < -0.4 is 10.2 Å². The average molecular weight is 543 g/mol. The summed E-state index contributed by atoms with van der Waals surface area (Å²) in [5.74, 6) is 1.07. The zero-order valence-electron chi connectivity index (χ0n) is 17.1. The lowest BCUT2D eigenvalue weighted by molar-refractivity contribution is 0.327. The molecular formula is C19H32ClIN4O2S. The highest BCUT2D eigenvalue weighted by Gasteiger charge is 2.24. The van der Waals surface area contributed by atoms with Gasteiger partial charge in [-0.2, -0.15) is 0 Å². The highest BCUT2D eigenvalue weighted by Crippen LogP contribution is 2.26. The van der Waals surface area contributed by atoms with E-state index in [-0.39, 0.29) is 35.1 Å². The van der Waals surface area contributed by atoms with Crippen molar-refractivity contribution < 1.29 is 8.42 Å². The zero-order valence-corrected chi connectivity index (χ0v) is 21.0. The molecule has 1 fully saturated rings. The van der Waals surface area contributed by atoms with Crippen molar-refractivity contribution in [3.05, 3.63) is 29.3 Å².